The minimum atomic E-state index is -0.182. The van der Waals surface area contributed by atoms with E-state index in [-0.39, 0.29) is 12.0 Å². The number of aliphatic hydroxyl groups excluding tert-OH is 1. The molecule has 4 rings (SSSR count). The molecule has 1 atom stereocenters. The number of carbonyl (C=O) groups is 1. The van der Waals surface area contributed by atoms with Crippen molar-refractivity contribution in [1.29, 1.82) is 0 Å². The van der Waals surface area contributed by atoms with Crippen molar-refractivity contribution in [2.24, 2.45) is 13.0 Å². The van der Waals surface area contributed by atoms with Crippen LogP contribution in [0.4, 0.5) is 0 Å². The predicted octanol–water partition coefficient (Wildman–Crippen LogP) is 1.64. The fourth-order valence-electron chi connectivity index (χ4n) is 3.92. The molecule has 2 aromatic rings. The van der Waals surface area contributed by atoms with Crippen LogP contribution in [0.15, 0.2) is 30.5 Å². The van der Waals surface area contributed by atoms with Gasteiger partial charge in [-0.15, -0.1) is 0 Å². The van der Waals surface area contributed by atoms with E-state index in [1.165, 1.54) is 23.7 Å². The highest BCUT2D eigenvalue weighted by atomic mass is 16.3. The van der Waals surface area contributed by atoms with E-state index in [1.54, 1.807) is 0 Å². The number of aliphatic hydroxyl groups is 1. The molecule has 1 saturated carbocycles. The molecule has 5 nitrogen and oxygen atoms in total. The smallest absolute Gasteiger partial charge is 0.227 e. The summed E-state index contributed by atoms with van der Waals surface area (Å²) < 4.78 is 2.09. The average Bonchev–Trinajstić information content (AvgIpc) is 3.42. The van der Waals surface area contributed by atoms with Crippen molar-refractivity contribution in [2.75, 3.05) is 32.7 Å². The fourth-order valence-corrected chi connectivity index (χ4v) is 3.92. The topological polar surface area (TPSA) is 48.7 Å². The van der Waals surface area contributed by atoms with Gasteiger partial charge in [-0.25, -0.2) is 0 Å². The fraction of sp³-hybridized carbons (Fsp3) is 0.550. The molecule has 0 spiro atoms. The molecule has 2 aliphatic rings. The van der Waals surface area contributed by atoms with E-state index in [9.17, 15) is 9.90 Å². The second kappa shape index (κ2) is 6.81. The zero-order valence-electron chi connectivity index (χ0n) is 14.9. The van der Waals surface area contributed by atoms with Crippen LogP contribution in [0.3, 0.4) is 0 Å². The Bertz CT molecular complexity index is 757. The van der Waals surface area contributed by atoms with Crippen LogP contribution < -0.4 is 0 Å². The largest absolute Gasteiger partial charge is 0.392 e. The maximum absolute atomic E-state index is 12.7. The highest BCUT2D eigenvalue weighted by molar-refractivity contribution is 5.89. The van der Waals surface area contributed by atoms with E-state index in [1.807, 2.05) is 24.1 Å². The summed E-state index contributed by atoms with van der Waals surface area (Å²) in [5.41, 5.74) is 2.28. The molecule has 1 aliphatic heterocycles. The van der Waals surface area contributed by atoms with Crippen molar-refractivity contribution in [3.63, 3.8) is 0 Å². The summed E-state index contributed by atoms with van der Waals surface area (Å²) in [7, 11) is 2.03. The number of β-amino-alcohol motifs (C(OH)–C–C–N with tert-alkyl or cyclic N) is 1. The Balaban J connectivity index is 1.34. The molecule has 1 aromatic carbocycles. The molecule has 1 saturated heterocycles. The highest BCUT2D eigenvalue weighted by Gasteiger charge is 2.32. The number of piperazine rings is 1. The summed E-state index contributed by atoms with van der Waals surface area (Å²) in [6.07, 6.45) is 4.70. The molecule has 0 unspecified atom stereocenters. The lowest BCUT2D eigenvalue weighted by atomic mass is 10.1. The summed E-state index contributed by atoms with van der Waals surface area (Å²) >= 11 is 0. The van der Waals surface area contributed by atoms with E-state index >= 15 is 0 Å². The van der Waals surface area contributed by atoms with Gasteiger partial charge in [0.2, 0.25) is 5.91 Å². The molecule has 0 bridgehead atoms. The molecule has 5 heteroatoms. The van der Waals surface area contributed by atoms with Crippen LogP contribution in [0.25, 0.3) is 10.9 Å². The number of hydrogen-bond acceptors (Lipinski definition) is 3. The van der Waals surface area contributed by atoms with Crippen LogP contribution in [-0.2, 0) is 18.3 Å². The van der Waals surface area contributed by atoms with E-state index in [0.29, 0.717) is 12.3 Å². The third-order valence-electron chi connectivity index (χ3n) is 5.66. The number of rotatable bonds is 5. The minimum Gasteiger partial charge on any atom is -0.392 e. The second-order valence-corrected chi connectivity index (χ2v) is 7.55. The molecule has 134 valence electrons. The lowest BCUT2D eigenvalue weighted by Gasteiger charge is -2.35. The first-order chi connectivity index (χ1) is 12.1. The monoisotopic (exact) mass is 341 g/mol. The Kier molecular flexibility index (Phi) is 4.52. The molecule has 1 aliphatic carbocycles. The Labute approximate surface area is 148 Å². The lowest BCUT2D eigenvalue weighted by Crippen LogP contribution is -2.51. The number of hydrogen-bond donors (Lipinski definition) is 1. The highest BCUT2D eigenvalue weighted by Crippen LogP contribution is 2.33. The van der Waals surface area contributed by atoms with Gasteiger partial charge in [-0.05, 0) is 30.4 Å². The van der Waals surface area contributed by atoms with Crippen molar-refractivity contribution >= 4 is 16.8 Å². The van der Waals surface area contributed by atoms with Crippen LogP contribution in [0, 0.1) is 5.92 Å². The Morgan fingerprint density at radius 1 is 1.20 bits per heavy atom. The summed E-state index contributed by atoms with van der Waals surface area (Å²) in [5, 5.41) is 11.3. The van der Waals surface area contributed by atoms with E-state index in [4.69, 9.17) is 0 Å². The number of aryl methyl sites for hydroxylation is 1. The van der Waals surface area contributed by atoms with Gasteiger partial charge in [-0.3, -0.25) is 9.69 Å². The van der Waals surface area contributed by atoms with Gasteiger partial charge in [0, 0.05) is 56.9 Å². The molecular formula is C20H27N3O2. The number of fused-ring (bicyclic) bond motifs is 1. The van der Waals surface area contributed by atoms with Crippen molar-refractivity contribution < 1.29 is 9.90 Å². The first-order valence-electron chi connectivity index (χ1n) is 9.33. The number of nitrogens with zero attached hydrogens (tertiary/aromatic N) is 3. The molecule has 25 heavy (non-hydrogen) atoms. The number of carbonyl (C=O) groups excluding carboxylic acids is 1. The van der Waals surface area contributed by atoms with Gasteiger partial charge in [-0.1, -0.05) is 18.2 Å². The minimum absolute atomic E-state index is 0.182. The van der Waals surface area contributed by atoms with Crippen LogP contribution in [0.1, 0.15) is 18.4 Å². The number of para-hydroxylation sites is 1. The average molecular weight is 341 g/mol. The first kappa shape index (κ1) is 16.6. The van der Waals surface area contributed by atoms with Gasteiger partial charge in [0.05, 0.1) is 12.5 Å². The standard InChI is InChI=1S/C20H27N3O2/c1-21-13-16(17-4-2-3-5-18(17)21)12-20(25)23-10-8-22(9-11-23)14-19(24)15-6-7-15/h2-5,13,15,19,24H,6-12,14H2,1H3/t19-/m0/s1. The molecule has 1 N–H and O–H groups in total. The van der Waals surface area contributed by atoms with Crippen molar-refractivity contribution in [2.45, 2.75) is 25.4 Å². The predicted molar refractivity (Wildman–Crippen MR) is 98.4 cm³/mol. The summed E-state index contributed by atoms with van der Waals surface area (Å²) in [6, 6.07) is 8.24. The number of amides is 1. The van der Waals surface area contributed by atoms with E-state index < -0.39 is 0 Å². The van der Waals surface area contributed by atoms with E-state index in [0.717, 1.165) is 38.3 Å². The summed E-state index contributed by atoms with van der Waals surface area (Å²) in [4.78, 5) is 17.0. The zero-order valence-corrected chi connectivity index (χ0v) is 14.9. The van der Waals surface area contributed by atoms with Gasteiger partial charge in [-0.2, -0.15) is 0 Å². The van der Waals surface area contributed by atoms with E-state index in [2.05, 4.69) is 27.8 Å². The SMILES string of the molecule is Cn1cc(CC(=O)N2CCN(C[C@H](O)C3CC3)CC2)c2ccccc21. The Morgan fingerprint density at radius 2 is 1.92 bits per heavy atom. The molecular weight excluding hydrogens is 314 g/mol. The molecule has 1 amide bonds. The molecule has 1 aromatic heterocycles. The van der Waals surface area contributed by atoms with Gasteiger partial charge in [0.1, 0.15) is 0 Å². The maximum atomic E-state index is 12.7. The zero-order chi connectivity index (χ0) is 17.4. The van der Waals surface area contributed by atoms with Crippen LogP contribution in [0.2, 0.25) is 0 Å². The molecule has 0 radical (unpaired) electrons. The second-order valence-electron chi connectivity index (χ2n) is 7.55. The third-order valence-corrected chi connectivity index (χ3v) is 5.66. The van der Waals surface area contributed by atoms with Crippen LogP contribution >= 0.6 is 0 Å². The summed E-state index contributed by atoms with van der Waals surface area (Å²) in [5.74, 6) is 0.727. The Hall–Kier alpha value is -1.85. The van der Waals surface area contributed by atoms with Gasteiger partial charge >= 0.3 is 0 Å². The van der Waals surface area contributed by atoms with Crippen molar-refractivity contribution in [3.05, 3.63) is 36.0 Å². The van der Waals surface area contributed by atoms with Crippen LogP contribution in [-0.4, -0.2) is 64.2 Å². The Morgan fingerprint density at radius 3 is 2.64 bits per heavy atom. The first-order valence-corrected chi connectivity index (χ1v) is 9.33. The summed E-state index contributed by atoms with van der Waals surface area (Å²) in [6.45, 7) is 4.02. The van der Waals surface area contributed by atoms with Gasteiger partial charge < -0.3 is 14.6 Å². The lowest BCUT2D eigenvalue weighted by molar-refractivity contribution is -0.132. The normalized spacial score (nSPS) is 20.2. The number of aromatic nitrogens is 1. The van der Waals surface area contributed by atoms with Crippen molar-refractivity contribution in [3.8, 4) is 0 Å². The van der Waals surface area contributed by atoms with Gasteiger partial charge in [0.15, 0.2) is 0 Å². The van der Waals surface area contributed by atoms with Crippen molar-refractivity contribution in [1.82, 2.24) is 14.4 Å². The molecule has 2 heterocycles. The maximum Gasteiger partial charge on any atom is 0.227 e. The molecule has 2 fully saturated rings. The van der Waals surface area contributed by atoms with Gasteiger partial charge in [0.25, 0.3) is 0 Å². The number of benzene rings is 1. The van der Waals surface area contributed by atoms with Crippen LogP contribution in [0.5, 0.6) is 0 Å². The quantitative estimate of drug-likeness (QED) is 0.899. The third kappa shape index (κ3) is 3.58.